The van der Waals surface area contributed by atoms with Crippen LogP contribution < -0.4 is 5.32 Å². The highest BCUT2D eigenvalue weighted by Crippen LogP contribution is 2.15. The fourth-order valence-corrected chi connectivity index (χ4v) is 1.35. The van der Waals surface area contributed by atoms with Gasteiger partial charge in [-0.25, -0.2) is 14.3 Å². The second-order valence-electron chi connectivity index (χ2n) is 4.57. The maximum Gasteiger partial charge on any atom is 0.412 e. The summed E-state index contributed by atoms with van der Waals surface area (Å²) >= 11 is 0. The van der Waals surface area contributed by atoms with Gasteiger partial charge in [-0.3, -0.25) is 5.32 Å². The molecule has 6 heteroatoms. The van der Waals surface area contributed by atoms with Gasteiger partial charge in [-0.2, -0.15) is 5.10 Å². The van der Waals surface area contributed by atoms with Gasteiger partial charge in [0.15, 0.2) is 5.65 Å². The minimum absolute atomic E-state index is 0.506. The lowest BCUT2D eigenvalue weighted by molar-refractivity contribution is 0.0636. The average Bonchev–Trinajstić information content (AvgIpc) is 2.63. The molecule has 0 aromatic carbocycles. The number of hydrogen-bond acceptors (Lipinski definition) is 4. The Morgan fingerprint density at radius 3 is 2.88 bits per heavy atom. The van der Waals surface area contributed by atoms with Crippen LogP contribution >= 0.6 is 0 Å². The number of nitrogens with one attached hydrogen (secondary N) is 1. The van der Waals surface area contributed by atoms with E-state index in [4.69, 9.17) is 4.74 Å². The van der Waals surface area contributed by atoms with Crippen LogP contribution in [0, 0.1) is 0 Å². The van der Waals surface area contributed by atoms with E-state index in [0.717, 1.165) is 0 Å². The predicted molar refractivity (Wildman–Crippen MR) is 62.8 cm³/mol. The van der Waals surface area contributed by atoms with Gasteiger partial charge in [0.1, 0.15) is 5.60 Å². The van der Waals surface area contributed by atoms with Crippen molar-refractivity contribution in [2.24, 2.45) is 0 Å². The fourth-order valence-electron chi connectivity index (χ4n) is 1.35. The van der Waals surface area contributed by atoms with Crippen molar-refractivity contribution >= 4 is 17.4 Å². The Bertz CT molecular complexity index is 542. The molecule has 0 unspecified atom stereocenters. The first-order valence-corrected chi connectivity index (χ1v) is 5.24. The van der Waals surface area contributed by atoms with E-state index in [9.17, 15) is 4.79 Å². The normalized spacial score (nSPS) is 11.5. The van der Waals surface area contributed by atoms with E-state index in [0.29, 0.717) is 11.3 Å². The molecule has 0 radical (unpaired) electrons. The van der Waals surface area contributed by atoms with Crippen LogP contribution in [-0.4, -0.2) is 26.3 Å². The molecule has 6 nitrogen and oxygen atoms in total. The summed E-state index contributed by atoms with van der Waals surface area (Å²) in [4.78, 5) is 15.7. The molecule has 0 aliphatic carbocycles. The highest BCUT2D eigenvalue weighted by molar-refractivity contribution is 5.89. The van der Waals surface area contributed by atoms with E-state index in [1.807, 2.05) is 20.8 Å². The van der Waals surface area contributed by atoms with Crippen LogP contribution in [0.2, 0.25) is 0 Å². The van der Waals surface area contributed by atoms with E-state index in [1.165, 1.54) is 0 Å². The molecule has 2 aromatic heterocycles. The number of amides is 1. The third-order valence-corrected chi connectivity index (χ3v) is 1.93. The quantitative estimate of drug-likeness (QED) is 0.820. The van der Waals surface area contributed by atoms with Crippen molar-refractivity contribution in [2.75, 3.05) is 5.32 Å². The maximum absolute atomic E-state index is 11.6. The predicted octanol–water partition coefficient (Wildman–Crippen LogP) is 2.08. The summed E-state index contributed by atoms with van der Waals surface area (Å²) in [7, 11) is 0. The van der Waals surface area contributed by atoms with Crippen molar-refractivity contribution in [1.82, 2.24) is 14.6 Å². The number of imidazole rings is 1. The molecule has 0 saturated heterocycles. The summed E-state index contributed by atoms with van der Waals surface area (Å²) in [5.41, 5.74) is 0.626. The number of fused-ring (bicyclic) bond motifs is 1. The summed E-state index contributed by atoms with van der Waals surface area (Å²) in [5, 5.41) is 6.69. The Morgan fingerprint density at radius 2 is 2.18 bits per heavy atom. The van der Waals surface area contributed by atoms with Crippen molar-refractivity contribution in [3.63, 3.8) is 0 Å². The summed E-state index contributed by atoms with van der Waals surface area (Å²) in [6.07, 6.45) is 4.40. The van der Waals surface area contributed by atoms with Crippen LogP contribution in [0.4, 0.5) is 10.5 Å². The van der Waals surface area contributed by atoms with E-state index in [-0.39, 0.29) is 0 Å². The lowest BCUT2D eigenvalue weighted by atomic mass is 10.2. The average molecular weight is 234 g/mol. The Balaban J connectivity index is 2.18. The van der Waals surface area contributed by atoms with E-state index < -0.39 is 11.7 Å². The van der Waals surface area contributed by atoms with Crippen LogP contribution in [0.5, 0.6) is 0 Å². The molecule has 0 atom stereocenters. The molecule has 0 fully saturated rings. The second kappa shape index (κ2) is 4.04. The number of aromatic nitrogens is 3. The maximum atomic E-state index is 11.6. The number of ether oxygens (including phenoxy) is 1. The Kier molecular flexibility index (Phi) is 2.71. The molecule has 2 heterocycles. The lowest BCUT2D eigenvalue weighted by Gasteiger charge is -2.19. The Labute approximate surface area is 98.6 Å². The van der Waals surface area contributed by atoms with Gasteiger partial charge < -0.3 is 4.74 Å². The first-order valence-electron chi connectivity index (χ1n) is 5.24. The van der Waals surface area contributed by atoms with Gasteiger partial charge in [0.25, 0.3) is 0 Å². The molecule has 1 N–H and O–H groups in total. The number of anilines is 1. The molecule has 90 valence electrons. The highest BCUT2D eigenvalue weighted by atomic mass is 16.6. The standard InChI is InChI=1S/C11H14N4O2/c1-11(2,3)17-10(16)14-8-4-5-13-15-7-6-12-9(8)15/h4-7H,1-3H3,(H,14,16). The van der Waals surface area contributed by atoms with Gasteiger partial charge in [-0.1, -0.05) is 0 Å². The van der Waals surface area contributed by atoms with Gasteiger partial charge in [-0.15, -0.1) is 0 Å². The van der Waals surface area contributed by atoms with Gasteiger partial charge in [0.2, 0.25) is 0 Å². The monoisotopic (exact) mass is 234 g/mol. The Morgan fingerprint density at radius 1 is 1.41 bits per heavy atom. The zero-order valence-electron chi connectivity index (χ0n) is 9.97. The largest absolute Gasteiger partial charge is 0.444 e. The number of carbonyl (C=O) groups excluding carboxylic acids is 1. The highest BCUT2D eigenvalue weighted by Gasteiger charge is 2.17. The molecule has 17 heavy (non-hydrogen) atoms. The SMILES string of the molecule is CC(C)(C)OC(=O)Nc1ccnn2ccnc12. The van der Waals surface area contributed by atoms with Crippen molar-refractivity contribution in [3.8, 4) is 0 Å². The van der Waals surface area contributed by atoms with Gasteiger partial charge >= 0.3 is 6.09 Å². The second-order valence-corrected chi connectivity index (χ2v) is 4.57. The molecule has 0 aliphatic rings. The minimum Gasteiger partial charge on any atom is -0.444 e. The van der Waals surface area contributed by atoms with Crippen LogP contribution in [0.1, 0.15) is 20.8 Å². The van der Waals surface area contributed by atoms with Crippen molar-refractivity contribution < 1.29 is 9.53 Å². The zero-order chi connectivity index (χ0) is 12.5. The lowest BCUT2D eigenvalue weighted by Crippen LogP contribution is -2.27. The number of rotatable bonds is 1. The van der Waals surface area contributed by atoms with E-state index in [2.05, 4.69) is 15.4 Å². The first-order chi connectivity index (χ1) is 7.96. The molecule has 0 aliphatic heterocycles. The summed E-state index contributed by atoms with van der Waals surface area (Å²) in [5.74, 6) is 0. The van der Waals surface area contributed by atoms with Crippen LogP contribution in [-0.2, 0) is 4.74 Å². The molecule has 0 spiro atoms. The smallest absolute Gasteiger partial charge is 0.412 e. The molecule has 2 rings (SSSR count). The number of nitrogens with zero attached hydrogens (tertiary/aromatic N) is 3. The topological polar surface area (TPSA) is 68.5 Å². The molecular weight excluding hydrogens is 220 g/mol. The van der Waals surface area contributed by atoms with Crippen LogP contribution in [0.15, 0.2) is 24.7 Å². The van der Waals surface area contributed by atoms with Crippen molar-refractivity contribution in [2.45, 2.75) is 26.4 Å². The van der Waals surface area contributed by atoms with Gasteiger partial charge in [-0.05, 0) is 26.8 Å². The van der Waals surface area contributed by atoms with Crippen molar-refractivity contribution in [1.29, 1.82) is 0 Å². The fraction of sp³-hybridized carbons (Fsp3) is 0.364. The zero-order valence-corrected chi connectivity index (χ0v) is 9.97. The van der Waals surface area contributed by atoms with Crippen molar-refractivity contribution in [3.05, 3.63) is 24.7 Å². The summed E-state index contributed by atoms with van der Waals surface area (Å²) < 4.78 is 6.74. The van der Waals surface area contributed by atoms with Gasteiger partial charge in [0, 0.05) is 12.4 Å². The molecular formula is C11H14N4O2. The molecule has 1 amide bonds. The van der Waals surface area contributed by atoms with Crippen LogP contribution in [0.25, 0.3) is 5.65 Å². The molecule has 0 bridgehead atoms. The molecule has 2 aromatic rings. The number of hydrogen-bond donors (Lipinski definition) is 1. The van der Waals surface area contributed by atoms with Crippen LogP contribution in [0.3, 0.4) is 0 Å². The van der Waals surface area contributed by atoms with E-state index >= 15 is 0 Å². The third-order valence-electron chi connectivity index (χ3n) is 1.93. The van der Waals surface area contributed by atoms with Gasteiger partial charge in [0.05, 0.1) is 11.9 Å². The minimum atomic E-state index is -0.525. The van der Waals surface area contributed by atoms with E-state index in [1.54, 1.807) is 29.2 Å². The Hall–Kier alpha value is -2.11. The summed E-state index contributed by atoms with van der Waals surface area (Å²) in [6, 6.07) is 1.67. The third kappa shape index (κ3) is 2.72. The molecule has 0 saturated carbocycles. The summed E-state index contributed by atoms with van der Waals surface area (Å²) in [6.45, 7) is 5.43. The number of carbonyl (C=O) groups is 1. The first kappa shape index (κ1) is 11.4.